The number of carbonyl (C=O) groups excluding carboxylic acids is 1. The molecule has 0 unspecified atom stereocenters. The fourth-order valence-electron chi connectivity index (χ4n) is 3.02. The van der Waals surface area contributed by atoms with Crippen LogP contribution in [0.2, 0.25) is 5.02 Å². The van der Waals surface area contributed by atoms with E-state index in [4.69, 9.17) is 16.9 Å². The number of phenolic OH excluding ortho intramolecular Hbond substituents is 1. The lowest BCUT2D eigenvalue weighted by Gasteiger charge is -2.14. The van der Waals surface area contributed by atoms with Gasteiger partial charge in [-0.1, -0.05) is 11.6 Å². The van der Waals surface area contributed by atoms with E-state index in [1.807, 2.05) is 0 Å². The monoisotopic (exact) mass is 376 g/mol. The predicted molar refractivity (Wildman–Crippen MR) is 103 cm³/mol. The van der Waals surface area contributed by atoms with Gasteiger partial charge >= 0.3 is 0 Å². The van der Waals surface area contributed by atoms with Crippen molar-refractivity contribution in [2.24, 2.45) is 0 Å². The lowest BCUT2D eigenvalue weighted by Crippen LogP contribution is -2.08. The SMILES string of the molecule is N#Cc1ccc2c(c1)CC(=O)c1c(Nc3cc(O)ccc3Cl)ccnc1N2. The molecule has 132 valence electrons. The van der Waals surface area contributed by atoms with Crippen LogP contribution in [0.1, 0.15) is 21.5 Å². The van der Waals surface area contributed by atoms with Crippen LogP contribution < -0.4 is 10.6 Å². The minimum atomic E-state index is -0.141. The summed E-state index contributed by atoms with van der Waals surface area (Å²) in [6.07, 6.45) is 1.71. The van der Waals surface area contributed by atoms with Crippen molar-refractivity contribution in [1.29, 1.82) is 5.26 Å². The standard InChI is InChI=1S/C20H13ClN4O2/c21-14-3-2-13(26)9-17(14)24-16-5-6-23-20-19(16)18(27)8-12-7-11(10-22)1-4-15(12)25-20/h1-7,9,26H,8H2,(H2,23,24,25). The molecule has 2 heterocycles. The van der Waals surface area contributed by atoms with Crippen molar-refractivity contribution < 1.29 is 9.90 Å². The molecule has 27 heavy (non-hydrogen) atoms. The van der Waals surface area contributed by atoms with E-state index in [0.717, 1.165) is 11.3 Å². The van der Waals surface area contributed by atoms with Crippen LogP contribution in [0.15, 0.2) is 48.7 Å². The van der Waals surface area contributed by atoms with E-state index in [-0.39, 0.29) is 18.0 Å². The first-order valence-electron chi connectivity index (χ1n) is 8.13. The van der Waals surface area contributed by atoms with Crippen LogP contribution in [0.4, 0.5) is 22.9 Å². The Bertz CT molecular complexity index is 1120. The summed E-state index contributed by atoms with van der Waals surface area (Å²) in [4.78, 5) is 17.2. The number of Topliss-reactive ketones (excluding diaryl/α,β-unsaturated/α-hetero) is 1. The topological polar surface area (TPSA) is 98.0 Å². The highest BCUT2D eigenvalue weighted by Crippen LogP contribution is 2.36. The van der Waals surface area contributed by atoms with Gasteiger partial charge in [-0.2, -0.15) is 5.26 Å². The van der Waals surface area contributed by atoms with Gasteiger partial charge in [0.15, 0.2) is 5.78 Å². The number of rotatable bonds is 2. The highest BCUT2D eigenvalue weighted by Gasteiger charge is 2.24. The third kappa shape index (κ3) is 3.16. The zero-order valence-electron chi connectivity index (χ0n) is 14.0. The second-order valence-electron chi connectivity index (χ2n) is 6.08. The smallest absolute Gasteiger partial charge is 0.173 e. The molecule has 3 aromatic rings. The molecule has 0 spiro atoms. The number of benzene rings is 2. The van der Waals surface area contributed by atoms with Crippen molar-refractivity contribution >= 4 is 40.3 Å². The molecule has 1 aliphatic heterocycles. The number of aromatic hydroxyl groups is 1. The molecule has 3 N–H and O–H groups in total. The van der Waals surface area contributed by atoms with Gasteiger partial charge < -0.3 is 15.7 Å². The number of nitrogens with one attached hydrogen (secondary N) is 2. The number of aromatic nitrogens is 1. The van der Waals surface area contributed by atoms with Gasteiger partial charge in [0.25, 0.3) is 0 Å². The number of carbonyl (C=O) groups is 1. The van der Waals surface area contributed by atoms with Crippen molar-refractivity contribution in [3.05, 3.63) is 70.4 Å². The molecule has 0 saturated heterocycles. The van der Waals surface area contributed by atoms with E-state index < -0.39 is 0 Å². The zero-order valence-corrected chi connectivity index (χ0v) is 14.7. The molecule has 4 rings (SSSR count). The molecule has 0 fully saturated rings. The summed E-state index contributed by atoms with van der Waals surface area (Å²) >= 11 is 6.18. The van der Waals surface area contributed by atoms with Crippen LogP contribution >= 0.6 is 11.6 Å². The number of ketones is 1. The van der Waals surface area contributed by atoms with Crippen LogP contribution in [0.5, 0.6) is 5.75 Å². The molecule has 0 saturated carbocycles. The summed E-state index contributed by atoms with van der Waals surface area (Å²) in [5.41, 5.74) is 3.36. The minimum absolute atomic E-state index is 0.0583. The first-order valence-corrected chi connectivity index (χ1v) is 8.51. The average Bonchev–Trinajstić information content (AvgIpc) is 2.80. The number of phenols is 1. The maximum absolute atomic E-state index is 12.9. The van der Waals surface area contributed by atoms with Gasteiger partial charge in [-0.15, -0.1) is 0 Å². The first-order chi connectivity index (χ1) is 13.0. The summed E-state index contributed by atoms with van der Waals surface area (Å²) in [5, 5.41) is 25.5. The second kappa shape index (κ2) is 6.63. The Morgan fingerprint density at radius 1 is 1.19 bits per heavy atom. The Hall–Kier alpha value is -3.56. The summed E-state index contributed by atoms with van der Waals surface area (Å²) in [7, 11) is 0. The molecular weight excluding hydrogens is 364 g/mol. The minimum Gasteiger partial charge on any atom is -0.508 e. The molecule has 7 heteroatoms. The second-order valence-corrected chi connectivity index (χ2v) is 6.49. The number of anilines is 4. The summed E-state index contributed by atoms with van der Waals surface area (Å²) < 4.78 is 0. The van der Waals surface area contributed by atoms with Crippen LogP contribution in [0.3, 0.4) is 0 Å². The highest BCUT2D eigenvalue weighted by atomic mass is 35.5. The summed E-state index contributed by atoms with van der Waals surface area (Å²) in [6, 6.07) is 13.5. The van der Waals surface area contributed by atoms with Crippen molar-refractivity contribution in [2.75, 3.05) is 10.6 Å². The number of halogens is 1. The molecule has 0 radical (unpaired) electrons. The van der Waals surface area contributed by atoms with Gasteiger partial charge in [-0.05, 0) is 42.0 Å². The molecule has 0 amide bonds. The number of nitrogens with zero attached hydrogens (tertiary/aromatic N) is 2. The molecule has 1 aromatic heterocycles. The van der Waals surface area contributed by atoms with Gasteiger partial charge in [-0.25, -0.2) is 4.98 Å². The van der Waals surface area contributed by atoms with E-state index in [2.05, 4.69) is 21.7 Å². The fraction of sp³-hybridized carbons (Fsp3) is 0.0500. The van der Waals surface area contributed by atoms with E-state index >= 15 is 0 Å². The van der Waals surface area contributed by atoms with E-state index in [1.165, 1.54) is 12.1 Å². The van der Waals surface area contributed by atoms with Gasteiger partial charge in [0, 0.05) is 24.4 Å². The number of hydrogen-bond acceptors (Lipinski definition) is 6. The van der Waals surface area contributed by atoms with Crippen molar-refractivity contribution in [1.82, 2.24) is 4.98 Å². The van der Waals surface area contributed by atoms with Gasteiger partial charge in [-0.3, -0.25) is 4.79 Å². The van der Waals surface area contributed by atoms with E-state index in [9.17, 15) is 9.90 Å². The Kier molecular flexibility index (Phi) is 4.15. The largest absolute Gasteiger partial charge is 0.508 e. The molecule has 0 aliphatic carbocycles. The Balaban J connectivity index is 1.78. The van der Waals surface area contributed by atoms with E-state index in [1.54, 1.807) is 36.5 Å². The van der Waals surface area contributed by atoms with Crippen molar-refractivity contribution in [2.45, 2.75) is 6.42 Å². The average molecular weight is 377 g/mol. The summed E-state index contributed by atoms with van der Waals surface area (Å²) in [6.45, 7) is 0. The fourth-order valence-corrected chi connectivity index (χ4v) is 3.18. The maximum atomic E-state index is 12.9. The number of nitriles is 1. The quantitative estimate of drug-likeness (QED) is 0.607. The van der Waals surface area contributed by atoms with Gasteiger partial charge in [0.1, 0.15) is 11.6 Å². The lowest BCUT2D eigenvalue weighted by atomic mass is 10.0. The molecule has 0 atom stereocenters. The van der Waals surface area contributed by atoms with Crippen LogP contribution in [0, 0.1) is 11.3 Å². The van der Waals surface area contributed by atoms with Crippen LogP contribution in [-0.4, -0.2) is 15.9 Å². The Morgan fingerprint density at radius 3 is 2.85 bits per heavy atom. The predicted octanol–water partition coefficient (Wildman–Crippen LogP) is 4.54. The Labute approximate surface area is 160 Å². The number of pyridine rings is 1. The van der Waals surface area contributed by atoms with Gasteiger partial charge in [0.05, 0.1) is 33.6 Å². The molecular formula is C20H13ClN4O2. The molecule has 0 bridgehead atoms. The molecule has 6 nitrogen and oxygen atoms in total. The number of fused-ring (bicyclic) bond motifs is 2. The highest BCUT2D eigenvalue weighted by molar-refractivity contribution is 6.33. The first kappa shape index (κ1) is 16.9. The molecule has 2 aromatic carbocycles. The van der Waals surface area contributed by atoms with Crippen molar-refractivity contribution in [3.63, 3.8) is 0 Å². The third-order valence-corrected chi connectivity index (χ3v) is 4.62. The zero-order chi connectivity index (χ0) is 19.0. The van der Waals surface area contributed by atoms with Crippen LogP contribution in [0.25, 0.3) is 0 Å². The third-order valence-electron chi connectivity index (χ3n) is 4.29. The maximum Gasteiger partial charge on any atom is 0.173 e. The molecule has 1 aliphatic rings. The summed E-state index contributed by atoms with van der Waals surface area (Å²) in [5.74, 6) is 0.339. The van der Waals surface area contributed by atoms with Crippen LogP contribution in [-0.2, 0) is 6.42 Å². The number of hydrogen-bond donors (Lipinski definition) is 3. The normalized spacial score (nSPS) is 12.2. The van der Waals surface area contributed by atoms with E-state index in [0.29, 0.717) is 33.3 Å². The van der Waals surface area contributed by atoms with Crippen molar-refractivity contribution in [3.8, 4) is 11.8 Å². The van der Waals surface area contributed by atoms with Gasteiger partial charge in [0.2, 0.25) is 0 Å². The Morgan fingerprint density at radius 2 is 2.04 bits per heavy atom. The lowest BCUT2D eigenvalue weighted by molar-refractivity contribution is 0.0995.